The number of benzene rings is 1. The number of ether oxygens (including phenoxy) is 1. The molecule has 0 aromatic heterocycles. The van der Waals surface area contributed by atoms with Gasteiger partial charge in [-0.2, -0.15) is 0 Å². The lowest BCUT2D eigenvalue weighted by atomic mass is 10.3. The molecule has 90 valence electrons. The van der Waals surface area contributed by atoms with Gasteiger partial charge in [0.05, 0.1) is 0 Å². The monoisotopic (exact) mass is 233 g/mol. The van der Waals surface area contributed by atoms with Gasteiger partial charge < -0.3 is 10.1 Å². The van der Waals surface area contributed by atoms with E-state index in [0.29, 0.717) is 23.6 Å². The Balaban J connectivity index is 2.59. The number of amides is 1. The van der Waals surface area contributed by atoms with Crippen molar-refractivity contribution in [2.24, 2.45) is 0 Å². The molecule has 1 N–H and O–H groups in total. The van der Waals surface area contributed by atoms with Crippen molar-refractivity contribution in [2.45, 2.75) is 13.8 Å². The van der Waals surface area contributed by atoms with E-state index in [1.165, 1.54) is 6.92 Å². The van der Waals surface area contributed by atoms with E-state index in [1.54, 1.807) is 37.3 Å². The molecule has 1 rings (SSSR count). The molecule has 0 unspecified atom stereocenters. The molecule has 1 aromatic rings. The van der Waals surface area contributed by atoms with Gasteiger partial charge in [0.15, 0.2) is 0 Å². The Hall–Kier alpha value is -2.10. The Morgan fingerprint density at radius 1 is 1.41 bits per heavy atom. The highest BCUT2D eigenvalue weighted by molar-refractivity contribution is 5.88. The van der Waals surface area contributed by atoms with Crippen molar-refractivity contribution in [1.82, 2.24) is 0 Å². The standard InChI is InChI=1S/C13H15NO3/c1-10(9-15)6-7-17-13-5-3-4-12(8-13)14-11(2)16/h3-6,8-9H,7H2,1-2H3,(H,14,16). The molecule has 1 amide bonds. The van der Waals surface area contributed by atoms with E-state index >= 15 is 0 Å². The smallest absolute Gasteiger partial charge is 0.221 e. The normalized spacial score (nSPS) is 10.8. The highest BCUT2D eigenvalue weighted by Crippen LogP contribution is 2.17. The second-order valence-electron chi connectivity index (χ2n) is 3.59. The van der Waals surface area contributed by atoms with E-state index in [0.717, 1.165) is 6.29 Å². The molecule has 0 spiro atoms. The quantitative estimate of drug-likeness (QED) is 0.626. The average molecular weight is 233 g/mol. The topological polar surface area (TPSA) is 55.4 Å². The number of allylic oxidation sites excluding steroid dienone is 1. The van der Waals surface area contributed by atoms with Gasteiger partial charge >= 0.3 is 0 Å². The van der Waals surface area contributed by atoms with Crippen LogP contribution in [0.3, 0.4) is 0 Å². The van der Waals surface area contributed by atoms with E-state index in [-0.39, 0.29) is 5.91 Å². The van der Waals surface area contributed by atoms with E-state index in [2.05, 4.69) is 5.32 Å². The van der Waals surface area contributed by atoms with Crippen LogP contribution >= 0.6 is 0 Å². The number of hydrogen-bond donors (Lipinski definition) is 1. The second-order valence-corrected chi connectivity index (χ2v) is 3.59. The van der Waals surface area contributed by atoms with Crippen LogP contribution in [-0.2, 0) is 9.59 Å². The third-order valence-corrected chi connectivity index (χ3v) is 2.00. The summed E-state index contributed by atoms with van der Waals surface area (Å²) in [6, 6.07) is 7.08. The van der Waals surface area contributed by atoms with Gasteiger partial charge in [-0.25, -0.2) is 0 Å². The number of rotatable bonds is 5. The fraction of sp³-hybridized carbons (Fsp3) is 0.231. The Kier molecular flexibility index (Phi) is 4.94. The fourth-order valence-corrected chi connectivity index (χ4v) is 1.18. The van der Waals surface area contributed by atoms with Gasteiger partial charge in [0, 0.05) is 18.7 Å². The zero-order valence-corrected chi connectivity index (χ0v) is 9.90. The lowest BCUT2D eigenvalue weighted by Gasteiger charge is -2.06. The summed E-state index contributed by atoms with van der Waals surface area (Å²) in [6.07, 6.45) is 2.47. The first-order valence-electron chi connectivity index (χ1n) is 5.24. The van der Waals surface area contributed by atoms with Crippen molar-refractivity contribution in [2.75, 3.05) is 11.9 Å². The predicted octanol–water partition coefficient (Wildman–Crippen LogP) is 2.17. The molecule has 0 saturated carbocycles. The summed E-state index contributed by atoms with van der Waals surface area (Å²) in [5.41, 5.74) is 1.31. The van der Waals surface area contributed by atoms with Crippen LogP contribution in [0.25, 0.3) is 0 Å². The van der Waals surface area contributed by atoms with Crippen molar-refractivity contribution >= 4 is 17.9 Å². The molecule has 1 aromatic carbocycles. The maximum Gasteiger partial charge on any atom is 0.221 e. The third-order valence-electron chi connectivity index (χ3n) is 2.00. The number of carbonyl (C=O) groups excluding carboxylic acids is 2. The molecule has 0 saturated heterocycles. The SMILES string of the molecule is CC(=O)Nc1cccc(OCC=C(C)C=O)c1. The van der Waals surface area contributed by atoms with E-state index < -0.39 is 0 Å². The Morgan fingerprint density at radius 3 is 2.82 bits per heavy atom. The molecule has 0 fully saturated rings. The summed E-state index contributed by atoms with van der Waals surface area (Å²) in [6.45, 7) is 3.49. The minimum Gasteiger partial charge on any atom is -0.489 e. The van der Waals surface area contributed by atoms with Crippen LogP contribution in [0.15, 0.2) is 35.9 Å². The largest absolute Gasteiger partial charge is 0.489 e. The maximum atomic E-state index is 10.9. The van der Waals surface area contributed by atoms with Crippen LogP contribution in [0.4, 0.5) is 5.69 Å². The number of anilines is 1. The molecule has 0 heterocycles. The summed E-state index contributed by atoms with van der Waals surface area (Å²) < 4.78 is 5.41. The van der Waals surface area contributed by atoms with Crippen molar-refractivity contribution in [3.05, 3.63) is 35.9 Å². The number of hydrogen-bond acceptors (Lipinski definition) is 3. The van der Waals surface area contributed by atoms with E-state index in [4.69, 9.17) is 4.74 Å². The highest BCUT2D eigenvalue weighted by Gasteiger charge is 1.97. The summed E-state index contributed by atoms with van der Waals surface area (Å²) >= 11 is 0. The van der Waals surface area contributed by atoms with Crippen LogP contribution < -0.4 is 10.1 Å². The molecule has 0 radical (unpaired) electrons. The van der Waals surface area contributed by atoms with Gasteiger partial charge in [-0.05, 0) is 30.7 Å². The molecule has 17 heavy (non-hydrogen) atoms. The van der Waals surface area contributed by atoms with Gasteiger partial charge in [-0.15, -0.1) is 0 Å². The summed E-state index contributed by atoms with van der Waals surface area (Å²) in [5.74, 6) is 0.519. The summed E-state index contributed by atoms with van der Waals surface area (Å²) in [5, 5.41) is 2.67. The molecule has 0 bridgehead atoms. The Bertz CT molecular complexity index is 438. The van der Waals surface area contributed by atoms with Crippen molar-refractivity contribution in [3.8, 4) is 5.75 Å². The molecule has 0 atom stereocenters. The molecule has 0 aliphatic carbocycles. The molecular weight excluding hydrogens is 218 g/mol. The van der Waals surface area contributed by atoms with E-state index in [1.807, 2.05) is 0 Å². The molecule has 0 aliphatic heterocycles. The van der Waals surface area contributed by atoms with Crippen molar-refractivity contribution < 1.29 is 14.3 Å². The van der Waals surface area contributed by atoms with Crippen molar-refractivity contribution in [3.63, 3.8) is 0 Å². The first-order chi connectivity index (χ1) is 8.11. The number of nitrogens with one attached hydrogen (secondary N) is 1. The van der Waals surface area contributed by atoms with Crippen LogP contribution in [0, 0.1) is 0 Å². The molecule has 0 aliphatic rings. The molecule has 4 heteroatoms. The minimum absolute atomic E-state index is 0.126. The van der Waals surface area contributed by atoms with Gasteiger partial charge in [-0.1, -0.05) is 6.07 Å². The fourth-order valence-electron chi connectivity index (χ4n) is 1.18. The maximum absolute atomic E-state index is 10.9. The number of aldehydes is 1. The summed E-state index contributed by atoms with van der Waals surface area (Å²) in [7, 11) is 0. The first kappa shape index (κ1) is 13.0. The lowest BCUT2D eigenvalue weighted by Crippen LogP contribution is -2.05. The number of carbonyl (C=O) groups is 2. The van der Waals surface area contributed by atoms with Gasteiger partial charge in [-0.3, -0.25) is 9.59 Å². The lowest BCUT2D eigenvalue weighted by molar-refractivity contribution is -0.114. The zero-order valence-electron chi connectivity index (χ0n) is 9.90. The van der Waals surface area contributed by atoms with Crippen LogP contribution in [0.1, 0.15) is 13.8 Å². The van der Waals surface area contributed by atoms with E-state index in [9.17, 15) is 9.59 Å². The minimum atomic E-state index is -0.126. The Labute approximate surface area is 100 Å². The molecule has 4 nitrogen and oxygen atoms in total. The third kappa shape index (κ3) is 4.97. The second kappa shape index (κ2) is 6.48. The van der Waals surface area contributed by atoms with Crippen molar-refractivity contribution in [1.29, 1.82) is 0 Å². The average Bonchev–Trinajstić information content (AvgIpc) is 2.28. The van der Waals surface area contributed by atoms with Crippen LogP contribution in [-0.4, -0.2) is 18.8 Å². The van der Waals surface area contributed by atoms with Gasteiger partial charge in [0.25, 0.3) is 0 Å². The van der Waals surface area contributed by atoms with Crippen LogP contribution in [0.2, 0.25) is 0 Å². The van der Waals surface area contributed by atoms with Gasteiger partial charge in [0.2, 0.25) is 5.91 Å². The first-order valence-corrected chi connectivity index (χ1v) is 5.24. The van der Waals surface area contributed by atoms with Gasteiger partial charge in [0.1, 0.15) is 18.6 Å². The molecular formula is C13H15NO3. The van der Waals surface area contributed by atoms with Crippen LogP contribution in [0.5, 0.6) is 5.75 Å². The Morgan fingerprint density at radius 2 is 2.18 bits per heavy atom. The summed E-state index contributed by atoms with van der Waals surface area (Å²) in [4.78, 5) is 21.2. The predicted molar refractivity (Wildman–Crippen MR) is 66.1 cm³/mol. The zero-order chi connectivity index (χ0) is 12.7. The highest BCUT2D eigenvalue weighted by atomic mass is 16.5.